The Bertz CT molecular complexity index is 804. The third kappa shape index (κ3) is 3.98. The molecule has 2 aromatic rings. The fraction of sp³-hybridized carbons (Fsp3) is 0.389. The molecule has 1 fully saturated rings. The molecule has 0 saturated carbocycles. The van der Waals surface area contributed by atoms with Crippen molar-refractivity contribution in [3.63, 3.8) is 0 Å². The number of methoxy groups -OCH3 is 1. The molecule has 1 aromatic carbocycles. The van der Waals surface area contributed by atoms with Gasteiger partial charge in [0.15, 0.2) is 5.13 Å². The first kappa shape index (κ1) is 17.4. The monoisotopic (exact) mass is 356 g/mol. The molecule has 1 aliphatic heterocycles. The Kier molecular flexibility index (Phi) is 5.31. The Morgan fingerprint density at radius 1 is 1.44 bits per heavy atom. The number of carbonyl (C=O) groups excluding carboxylic acids is 1. The molecule has 0 bridgehead atoms. The van der Waals surface area contributed by atoms with Crippen molar-refractivity contribution in [2.24, 2.45) is 5.92 Å². The highest BCUT2D eigenvalue weighted by atomic mass is 32.1. The maximum atomic E-state index is 12.4. The van der Waals surface area contributed by atoms with Crippen molar-refractivity contribution in [3.05, 3.63) is 30.0 Å². The predicted molar refractivity (Wildman–Crippen MR) is 97.7 cm³/mol. The highest BCUT2D eigenvalue weighted by Gasteiger charge is 2.24. The van der Waals surface area contributed by atoms with E-state index in [4.69, 9.17) is 10.00 Å². The van der Waals surface area contributed by atoms with Crippen LogP contribution < -0.4 is 10.1 Å². The number of likely N-dealkylation sites (tertiary alicyclic amines) is 1. The number of hydrogen-bond acceptors (Lipinski definition) is 6. The summed E-state index contributed by atoms with van der Waals surface area (Å²) in [6, 6.07) is 7.38. The van der Waals surface area contributed by atoms with Gasteiger partial charge in [-0.1, -0.05) is 11.3 Å². The van der Waals surface area contributed by atoms with Crippen LogP contribution in [0.2, 0.25) is 0 Å². The largest absolute Gasteiger partial charge is 0.496 e. The Morgan fingerprint density at radius 2 is 2.20 bits per heavy atom. The fourth-order valence-corrected chi connectivity index (χ4v) is 3.75. The SMILES string of the molecule is COc1cc(C#N)ccc1-c1cnc(NC(=O)C2CCN(C)CC2)s1. The standard InChI is InChI=1S/C18H20N4O2S/c1-22-7-5-13(6-8-22)17(23)21-18-20-11-16(25-18)14-4-3-12(10-19)9-15(14)24-2/h3-4,9,11,13H,5-8H2,1-2H3,(H,20,21,23). The summed E-state index contributed by atoms with van der Waals surface area (Å²) >= 11 is 1.41. The first-order chi connectivity index (χ1) is 12.1. The van der Waals surface area contributed by atoms with Gasteiger partial charge in [0.05, 0.1) is 23.6 Å². The third-order valence-corrected chi connectivity index (χ3v) is 5.37. The molecule has 0 unspecified atom stereocenters. The highest BCUT2D eigenvalue weighted by Crippen LogP contribution is 2.36. The maximum absolute atomic E-state index is 12.4. The van der Waals surface area contributed by atoms with Gasteiger partial charge in [-0.25, -0.2) is 4.98 Å². The Hall–Kier alpha value is -2.43. The number of nitrogens with zero attached hydrogens (tertiary/aromatic N) is 3. The second-order valence-corrected chi connectivity index (χ2v) is 7.15. The quantitative estimate of drug-likeness (QED) is 0.911. The van der Waals surface area contributed by atoms with Gasteiger partial charge in [0, 0.05) is 17.7 Å². The molecule has 1 aliphatic rings. The zero-order valence-electron chi connectivity index (χ0n) is 14.3. The number of thiazole rings is 1. The van der Waals surface area contributed by atoms with Crippen molar-refractivity contribution >= 4 is 22.4 Å². The van der Waals surface area contributed by atoms with E-state index in [0.29, 0.717) is 16.4 Å². The lowest BCUT2D eigenvalue weighted by atomic mass is 9.96. The average molecular weight is 356 g/mol. The van der Waals surface area contributed by atoms with Crippen LogP contribution in [0.5, 0.6) is 5.75 Å². The molecule has 25 heavy (non-hydrogen) atoms. The Labute approximate surface area is 151 Å². The number of nitriles is 1. The summed E-state index contributed by atoms with van der Waals surface area (Å²) < 4.78 is 5.37. The van der Waals surface area contributed by atoms with Gasteiger partial charge in [-0.2, -0.15) is 5.26 Å². The molecule has 0 atom stereocenters. The maximum Gasteiger partial charge on any atom is 0.229 e. The van der Waals surface area contributed by atoms with E-state index in [0.717, 1.165) is 36.4 Å². The van der Waals surface area contributed by atoms with Gasteiger partial charge < -0.3 is 15.0 Å². The van der Waals surface area contributed by atoms with Crippen LogP contribution >= 0.6 is 11.3 Å². The molecule has 0 spiro atoms. The van der Waals surface area contributed by atoms with Crippen molar-refractivity contribution in [2.45, 2.75) is 12.8 Å². The number of nitrogens with one attached hydrogen (secondary N) is 1. The number of hydrogen-bond donors (Lipinski definition) is 1. The summed E-state index contributed by atoms with van der Waals surface area (Å²) in [4.78, 5) is 19.8. The molecular formula is C18H20N4O2S. The van der Waals surface area contributed by atoms with Crippen LogP contribution in [0.1, 0.15) is 18.4 Å². The van der Waals surface area contributed by atoms with Crippen LogP contribution in [0.25, 0.3) is 10.4 Å². The van der Waals surface area contributed by atoms with E-state index in [1.54, 1.807) is 25.4 Å². The first-order valence-electron chi connectivity index (χ1n) is 8.14. The van der Waals surface area contributed by atoms with E-state index in [-0.39, 0.29) is 11.8 Å². The molecule has 2 heterocycles. The van der Waals surface area contributed by atoms with Gasteiger partial charge >= 0.3 is 0 Å². The van der Waals surface area contributed by atoms with E-state index < -0.39 is 0 Å². The van der Waals surface area contributed by atoms with Gasteiger partial charge in [-0.05, 0) is 51.2 Å². The van der Waals surface area contributed by atoms with Crippen LogP contribution in [0.15, 0.2) is 24.4 Å². The van der Waals surface area contributed by atoms with Crippen LogP contribution in [-0.4, -0.2) is 43.0 Å². The second kappa shape index (κ2) is 7.64. The molecule has 1 aromatic heterocycles. The van der Waals surface area contributed by atoms with Gasteiger partial charge in [0.2, 0.25) is 5.91 Å². The average Bonchev–Trinajstić information content (AvgIpc) is 3.09. The lowest BCUT2D eigenvalue weighted by Gasteiger charge is -2.27. The third-order valence-electron chi connectivity index (χ3n) is 4.42. The molecule has 0 aliphatic carbocycles. The summed E-state index contributed by atoms with van der Waals surface area (Å²) in [7, 11) is 3.65. The van der Waals surface area contributed by atoms with Crippen LogP contribution in [-0.2, 0) is 4.79 Å². The van der Waals surface area contributed by atoms with Gasteiger partial charge in [0.1, 0.15) is 5.75 Å². The zero-order chi connectivity index (χ0) is 17.8. The molecule has 1 N–H and O–H groups in total. The number of carbonyl (C=O) groups is 1. The van der Waals surface area contributed by atoms with Crippen molar-refractivity contribution in [2.75, 3.05) is 32.6 Å². The number of benzene rings is 1. The van der Waals surface area contributed by atoms with Crippen LogP contribution in [0.4, 0.5) is 5.13 Å². The molecule has 130 valence electrons. The number of piperidine rings is 1. The van der Waals surface area contributed by atoms with E-state index in [2.05, 4.69) is 28.3 Å². The zero-order valence-corrected chi connectivity index (χ0v) is 15.1. The van der Waals surface area contributed by atoms with Gasteiger partial charge in [-0.15, -0.1) is 0 Å². The number of anilines is 1. The molecule has 6 nitrogen and oxygen atoms in total. The molecule has 1 amide bonds. The van der Waals surface area contributed by atoms with Crippen LogP contribution in [0, 0.1) is 17.2 Å². The smallest absolute Gasteiger partial charge is 0.229 e. The minimum Gasteiger partial charge on any atom is -0.496 e. The first-order valence-corrected chi connectivity index (χ1v) is 8.96. The van der Waals surface area contributed by atoms with Gasteiger partial charge in [-0.3, -0.25) is 4.79 Å². The topological polar surface area (TPSA) is 78.2 Å². The molecule has 0 radical (unpaired) electrons. The van der Waals surface area contributed by atoms with E-state index in [1.807, 2.05) is 6.07 Å². The molecular weight excluding hydrogens is 336 g/mol. The summed E-state index contributed by atoms with van der Waals surface area (Å²) in [6.45, 7) is 1.90. The lowest BCUT2D eigenvalue weighted by Crippen LogP contribution is -2.35. The summed E-state index contributed by atoms with van der Waals surface area (Å²) in [5.41, 5.74) is 1.40. The minimum absolute atomic E-state index is 0.0424. The second-order valence-electron chi connectivity index (χ2n) is 6.12. The normalized spacial score (nSPS) is 15.6. The molecule has 7 heteroatoms. The van der Waals surface area contributed by atoms with E-state index in [9.17, 15) is 4.79 Å². The predicted octanol–water partition coefficient (Wildman–Crippen LogP) is 2.97. The Balaban J connectivity index is 1.72. The number of amides is 1. The molecule has 1 saturated heterocycles. The van der Waals surface area contributed by atoms with Gasteiger partial charge in [0.25, 0.3) is 0 Å². The van der Waals surface area contributed by atoms with Crippen molar-refractivity contribution in [1.29, 1.82) is 5.26 Å². The Morgan fingerprint density at radius 3 is 2.88 bits per heavy atom. The fourth-order valence-electron chi connectivity index (χ4n) is 2.90. The molecule has 3 rings (SSSR count). The number of ether oxygens (including phenoxy) is 1. The number of rotatable bonds is 4. The van der Waals surface area contributed by atoms with Crippen molar-refractivity contribution < 1.29 is 9.53 Å². The minimum atomic E-state index is 0.0424. The summed E-state index contributed by atoms with van der Waals surface area (Å²) in [5.74, 6) is 0.713. The highest BCUT2D eigenvalue weighted by molar-refractivity contribution is 7.19. The summed E-state index contributed by atoms with van der Waals surface area (Å²) in [6.07, 6.45) is 3.48. The van der Waals surface area contributed by atoms with E-state index in [1.165, 1.54) is 11.3 Å². The summed E-state index contributed by atoms with van der Waals surface area (Å²) in [5, 5.41) is 12.5. The van der Waals surface area contributed by atoms with Crippen molar-refractivity contribution in [1.82, 2.24) is 9.88 Å². The van der Waals surface area contributed by atoms with Crippen LogP contribution in [0.3, 0.4) is 0 Å². The van der Waals surface area contributed by atoms with Crippen molar-refractivity contribution in [3.8, 4) is 22.3 Å². The lowest BCUT2D eigenvalue weighted by molar-refractivity contribution is -0.121. The number of aromatic nitrogens is 1. The van der Waals surface area contributed by atoms with E-state index >= 15 is 0 Å².